The summed E-state index contributed by atoms with van der Waals surface area (Å²) in [6, 6.07) is 8.85. The van der Waals surface area contributed by atoms with Crippen LogP contribution in [-0.4, -0.2) is 38.8 Å². The Kier molecular flexibility index (Phi) is 6.26. The zero-order valence-corrected chi connectivity index (χ0v) is 17.0. The highest BCUT2D eigenvalue weighted by Gasteiger charge is 2.22. The Bertz CT molecular complexity index is 907. The Balaban J connectivity index is 1.60. The highest BCUT2D eigenvalue weighted by molar-refractivity contribution is 5.93. The molecule has 154 valence electrons. The first-order valence-electron chi connectivity index (χ1n) is 9.40. The lowest BCUT2D eigenvalue weighted by molar-refractivity contribution is -0.124. The van der Waals surface area contributed by atoms with Gasteiger partial charge in [0.25, 0.3) is 5.91 Å². The number of carbonyl (C=O) groups is 2. The number of hydrogen-bond donors (Lipinski definition) is 1. The number of methoxy groups -OCH3 is 1. The lowest BCUT2D eigenvalue weighted by atomic mass is 10.0. The molecule has 2 aromatic carbocycles. The maximum atomic E-state index is 12.4. The molecule has 1 N–H and O–H groups in total. The monoisotopic (exact) mass is 399 g/mol. The number of hydrogen-bond acceptors (Lipinski definition) is 6. The summed E-state index contributed by atoms with van der Waals surface area (Å²) in [4.78, 5) is 24.6. The molecule has 0 fully saturated rings. The van der Waals surface area contributed by atoms with Gasteiger partial charge in [-0.05, 0) is 49.6 Å². The summed E-state index contributed by atoms with van der Waals surface area (Å²) in [6.07, 6.45) is 0. The second-order valence-corrected chi connectivity index (χ2v) is 6.91. The molecule has 1 unspecified atom stereocenters. The zero-order chi connectivity index (χ0) is 21.0. The van der Waals surface area contributed by atoms with Gasteiger partial charge in [0.2, 0.25) is 5.75 Å². The van der Waals surface area contributed by atoms with Gasteiger partial charge in [-0.15, -0.1) is 0 Å². The summed E-state index contributed by atoms with van der Waals surface area (Å²) >= 11 is 0. The fourth-order valence-corrected chi connectivity index (χ4v) is 3.01. The Labute approximate surface area is 169 Å². The maximum absolute atomic E-state index is 12.4. The van der Waals surface area contributed by atoms with Crippen LogP contribution in [0.1, 0.15) is 40.0 Å². The van der Waals surface area contributed by atoms with Crippen molar-refractivity contribution >= 4 is 11.9 Å². The second kappa shape index (κ2) is 8.86. The molecule has 0 radical (unpaired) electrons. The number of fused-ring (bicyclic) bond motifs is 1. The van der Waals surface area contributed by atoms with Crippen LogP contribution < -0.4 is 19.5 Å². The van der Waals surface area contributed by atoms with Gasteiger partial charge < -0.3 is 24.3 Å². The third-order valence-electron chi connectivity index (χ3n) is 4.81. The smallest absolute Gasteiger partial charge is 0.338 e. The van der Waals surface area contributed by atoms with Gasteiger partial charge in [0.15, 0.2) is 18.1 Å². The van der Waals surface area contributed by atoms with Gasteiger partial charge in [-0.2, -0.15) is 0 Å². The molecule has 0 bridgehead atoms. The molecule has 1 amide bonds. The lowest BCUT2D eigenvalue weighted by Crippen LogP contribution is -2.31. The lowest BCUT2D eigenvalue weighted by Gasteiger charge is -2.21. The van der Waals surface area contributed by atoms with Crippen LogP contribution in [0.5, 0.6) is 17.2 Å². The number of ether oxygens (including phenoxy) is 4. The van der Waals surface area contributed by atoms with Crippen molar-refractivity contribution in [2.75, 3.05) is 26.9 Å². The van der Waals surface area contributed by atoms with Crippen LogP contribution in [0.3, 0.4) is 0 Å². The van der Waals surface area contributed by atoms with E-state index in [0.29, 0.717) is 30.5 Å². The molecule has 0 aliphatic carbocycles. The molecular weight excluding hydrogens is 374 g/mol. The van der Waals surface area contributed by atoms with Crippen molar-refractivity contribution in [2.24, 2.45) is 0 Å². The molecule has 1 heterocycles. The van der Waals surface area contributed by atoms with Crippen LogP contribution in [-0.2, 0) is 9.53 Å². The largest absolute Gasteiger partial charge is 0.493 e. The van der Waals surface area contributed by atoms with Gasteiger partial charge in [0, 0.05) is 0 Å². The van der Waals surface area contributed by atoms with E-state index in [0.717, 1.165) is 11.1 Å². The molecule has 0 saturated heterocycles. The van der Waals surface area contributed by atoms with E-state index < -0.39 is 5.97 Å². The predicted molar refractivity (Wildman–Crippen MR) is 107 cm³/mol. The molecule has 29 heavy (non-hydrogen) atoms. The number of nitrogens with one attached hydrogen (secondary N) is 1. The number of aryl methyl sites for hydroxylation is 2. The van der Waals surface area contributed by atoms with Crippen LogP contribution >= 0.6 is 0 Å². The number of benzene rings is 2. The second-order valence-electron chi connectivity index (χ2n) is 6.91. The molecule has 1 atom stereocenters. The summed E-state index contributed by atoms with van der Waals surface area (Å²) in [5.41, 5.74) is 3.56. The summed E-state index contributed by atoms with van der Waals surface area (Å²) in [5.74, 6) is 0.218. The van der Waals surface area contributed by atoms with Crippen LogP contribution in [0, 0.1) is 13.8 Å². The third-order valence-corrected chi connectivity index (χ3v) is 4.81. The van der Waals surface area contributed by atoms with Gasteiger partial charge in [0.05, 0.1) is 18.7 Å². The SMILES string of the molecule is COc1cc(C(=O)OCC(=O)NC(C)c2ccc(C)c(C)c2)cc2c1OCCO2. The van der Waals surface area contributed by atoms with Gasteiger partial charge in [-0.1, -0.05) is 18.2 Å². The standard InChI is InChI=1S/C22H25NO6/c1-13-5-6-16(9-14(13)2)15(3)23-20(24)12-29-22(25)17-10-18(26-4)21-19(11-17)27-7-8-28-21/h5-6,9-11,15H,7-8,12H2,1-4H3,(H,23,24). The summed E-state index contributed by atoms with van der Waals surface area (Å²) in [7, 11) is 1.48. The van der Waals surface area contributed by atoms with E-state index in [4.69, 9.17) is 18.9 Å². The van der Waals surface area contributed by atoms with Gasteiger partial charge in [-0.3, -0.25) is 4.79 Å². The summed E-state index contributed by atoms with van der Waals surface area (Å²) < 4.78 is 21.4. The normalized spacial score (nSPS) is 13.4. The van der Waals surface area contributed by atoms with Crippen molar-refractivity contribution in [3.05, 3.63) is 52.6 Å². The summed E-state index contributed by atoms with van der Waals surface area (Å²) in [5, 5.41) is 2.84. The molecule has 0 spiro atoms. The average Bonchev–Trinajstić information content (AvgIpc) is 2.72. The number of carbonyl (C=O) groups excluding carboxylic acids is 2. The number of rotatable bonds is 6. The van der Waals surface area contributed by atoms with Gasteiger partial charge in [0.1, 0.15) is 13.2 Å². The quantitative estimate of drug-likeness (QED) is 0.752. The minimum Gasteiger partial charge on any atom is -0.493 e. The summed E-state index contributed by atoms with van der Waals surface area (Å²) in [6.45, 7) is 6.35. The number of esters is 1. The third kappa shape index (κ3) is 4.80. The Morgan fingerprint density at radius 2 is 1.86 bits per heavy atom. The zero-order valence-electron chi connectivity index (χ0n) is 17.0. The highest BCUT2D eigenvalue weighted by atomic mass is 16.6. The van der Waals surface area contributed by atoms with E-state index in [9.17, 15) is 9.59 Å². The maximum Gasteiger partial charge on any atom is 0.338 e. The van der Waals surface area contributed by atoms with Crippen molar-refractivity contribution < 1.29 is 28.5 Å². The Hall–Kier alpha value is -3.22. The molecule has 1 aliphatic heterocycles. The minimum atomic E-state index is -0.644. The van der Waals surface area contributed by atoms with E-state index >= 15 is 0 Å². The topological polar surface area (TPSA) is 83.1 Å². The molecule has 1 aliphatic rings. The molecule has 2 aromatic rings. The first kappa shape index (κ1) is 20.5. The van der Waals surface area contributed by atoms with E-state index in [2.05, 4.69) is 5.32 Å². The van der Waals surface area contributed by atoms with Crippen molar-refractivity contribution in [3.8, 4) is 17.2 Å². The fraction of sp³-hybridized carbons (Fsp3) is 0.364. The molecule has 7 nitrogen and oxygen atoms in total. The average molecular weight is 399 g/mol. The van der Waals surface area contributed by atoms with Crippen LogP contribution in [0.15, 0.2) is 30.3 Å². The number of amides is 1. The van der Waals surface area contributed by atoms with Crippen molar-refractivity contribution in [1.82, 2.24) is 5.32 Å². The van der Waals surface area contributed by atoms with Crippen LogP contribution in [0.25, 0.3) is 0 Å². The van der Waals surface area contributed by atoms with Crippen LogP contribution in [0.4, 0.5) is 0 Å². The first-order valence-corrected chi connectivity index (χ1v) is 9.40. The van der Waals surface area contributed by atoms with Gasteiger partial charge >= 0.3 is 5.97 Å². The van der Waals surface area contributed by atoms with E-state index in [-0.39, 0.29) is 24.1 Å². The minimum absolute atomic E-state index is 0.199. The molecule has 3 rings (SSSR count). The fourth-order valence-electron chi connectivity index (χ4n) is 3.01. The van der Waals surface area contributed by atoms with Crippen molar-refractivity contribution in [2.45, 2.75) is 26.8 Å². The molecule has 7 heteroatoms. The molecule has 0 aromatic heterocycles. The van der Waals surface area contributed by atoms with E-state index in [1.54, 1.807) is 0 Å². The predicted octanol–water partition coefficient (Wildman–Crippen LogP) is 3.12. The highest BCUT2D eigenvalue weighted by Crippen LogP contribution is 2.40. The molecule has 0 saturated carbocycles. The Morgan fingerprint density at radius 1 is 1.10 bits per heavy atom. The Morgan fingerprint density at radius 3 is 2.59 bits per heavy atom. The van der Waals surface area contributed by atoms with Gasteiger partial charge in [-0.25, -0.2) is 4.79 Å². The van der Waals surface area contributed by atoms with Crippen molar-refractivity contribution in [3.63, 3.8) is 0 Å². The molecular formula is C22H25NO6. The van der Waals surface area contributed by atoms with Crippen molar-refractivity contribution in [1.29, 1.82) is 0 Å². The van der Waals surface area contributed by atoms with E-state index in [1.165, 1.54) is 24.8 Å². The van der Waals surface area contributed by atoms with E-state index in [1.807, 2.05) is 39.0 Å². The van der Waals surface area contributed by atoms with Crippen LogP contribution in [0.2, 0.25) is 0 Å². The first-order chi connectivity index (χ1) is 13.9.